The van der Waals surface area contributed by atoms with Crippen LogP contribution in [0.2, 0.25) is 0 Å². The molecule has 7 nitrogen and oxygen atoms in total. The van der Waals surface area contributed by atoms with Gasteiger partial charge in [0.15, 0.2) is 0 Å². The molecule has 2 unspecified atom stereocenters. The Balaban J connectivity index is 2.14. The topological polar surface area (TPSA) is 85.0 Å². The van der Waals surface area contributed by atoms with Crippen molar-refractivity contribution < 1.29 is 4.92 Å². The minimum atomic E-state index is -0.406. The van der Waals surface area contributed by atoms with Gasteiger partial charge in [-0.1, -0.05) is 0 Å². The fraction of sp³-hybridized carbons (Fsp3) is 0.700. The molecule has 2 atom stereocenters. The second-order valence-electron chi connectivity index (χ2n) is 4.43. The fourth-order valence-corrected chi connectivity index (χ4v) is 2.13. The summed E-state index contributed by atoms with van der Waals surface area (Å²) >= 11 is 0. The summed E-state index contributed by atoms with van der Waals surface area (Å²) in [7, 11) is 1.68. The van der Waals surface area contributed by atoms with E-state index in [1.165, 1.54) is 10.9 Å². The smallest absolute Gasteiger partial charge is 0.330 e. The summed E-state index contributed by atoms with van der Waals surface area (Å²) in [6.45, 7) is 3.08. The first-order chi connectivity index (χ1) is 8.08. The van der Waals surface area contributed by atoms with Crippen LogP contribution in [0.15, 0.2) is 6.20 Å². The minimum absolute atomic E-state index is 0.0327. The number of aromatic nitrogens is 2. The number of nitrogens with one attached hydrogen (secondary N) is 2. The van der Waals surface area contributed by atoms with Gasteiger partial charge in [0.1, 0.15) is 6.20 Å². The van der Waals surface area contributed by atoms with Crippen molar-refractivity contribution in [1.29, 1.82) is 0 Å². The van der Waals surface area contributed by atoms with Gasteiger partial charge >= 0.3 is 5.69 Å². The molecule has 0 spiro atoms. The summed E-state index contributed by atoms with van der Waals surface area (Å²) in [6.07, 6.45) is 3.49. The lowest BCUT2D eigenvalue weighted by molar-refractivity contribution is -0.384. The SMILES string of the molecule is CC1NCCCC1Nc1nn(C)cc1[N+](=O)[O-]. The molecule has 17 heavy (non-hydrogen) atoms. The van der Waals surface area contributed by atoms with E-state index in [4.69, 9.17) is 0 Å². The van der Waals surface area contributed by atoms with Gasteiger partial charge in [0.25, 0.3) is 0 Å². The highest BCUT2D eigenvalue weighted by atomic mass is 16.6. The minimum Gasteiger partial charge on any atom is -0.359 e. The molecule has 1 aromatic heterocycles. The van der Waals surface area contributed by atoms with Gasteiger partial charge < -0.3 is 10.6 Å². The van der Waals surface area contributed by atoms with E-state index in [1.807, 2.05) is 0 Å². The molecule has 0 aliphatic carbocycles. The third-order valence-corrected chi connectivity index (χ3v) is 3.09. The first-order valence-electron chi connectivity index (χ1n) is 5.76. The highest BCUT2D eigenvalue weighted by Gasteiger charge is 2.25. The van der Waals surface area contributed by atoms with Crippen molar-refractivity contribution in [2.24, 2.45) is 7.05 Å². The molecule has 1 fully saturated rings. The van der Waals surface area contributed by atoms with Gasteiger partial charge in [-0.15, -0.1) is 5.10 Å². The number of hydrogen-bond acceptors (Lipinski definition) is 5. The van der Waals surface area contributed by atoms with E-state index in [0.29, 0.717) is 11.9 Å². The van der Waals surface area contributed by atoms with E-state index >= 15 is 0 Å². The molecule has 1 aliphatic rings. The Bertz CT molecular complexity index is 417. The molecule has 94 valence electrons. The Hall–Kier alpha value is -1.63. The maximum absolute atomic E-state index is 10.9. The van der Waals surface area contributed by atoms with Crippen molar-refractivity contribution in [2.45, 2.75) is 31.8 Å². The first kappa shape index (κ1) is 11.8. The van der Waals surface area contributed by atoms with E-state index in [2.05, 4.69) is 22.7 Å². The van der Waals surface area contributed by atoms with Gasteiger partial charge in [-0.2, -0.15) is 0 Å². The summed E-state index contributed by atoms with van der Waals surface area (Å²) < 4.78 is 1.46. The van der Waals surface area contributed by atoms with Crippen LogP contribution in [-0.2, 0) is 7.05 Å². The molecule has 1 aromatic rings. The number of piperidine rings is 1. The highest BCUT2D eigenvalue weighted by Crippen LogP contribution is 2.24. The lowest BCUT2D eigenvalue weighted by Crippen LogP contribution is -2.46. The standard InChI is InChI=1S/C10H17N5O2/c1-7-8(4-3-5-11-7)12-10-9(15(16)17)6-14(2)13-10/h6-8,11H,3-5H2,1-2H3,(H,12,13). The summed E-state index contributed by atoms with van der Waals surface area (Å²) in [6, 6.07) is 0.489. The van der Waals surface area contributed by atoms with Gasteiger partial charge in [0, 0.05) is 19.1 Å². The van der Waals surface area contributed by atoms with E-state index in [9.17, 15) is 10.1 Å². The van der Waals surface area contributed by atoms with E-state index < -0.39 is 4.92 Å². The Morgan fingerprint density at radius 3 is 3.12 bits per heavy atom. The van der Waals surface area contributed by atoms with Crippen LogP contribution in [0.3, 0.4) is 0 Å². The van der Waals surface area contributed by atoms with Crippen molar-refractivity contribution in [3.8, 4) is 0 Å². The highest BCUT2D eigenvalue weighted by molar-refractivity contribution is 5.55. The summed E-state index contributed by atoms with van der Waals surface area (Å²) in [5, 5.41) is 21.5. The molecule has 2 N–H and O–H groups in total. The average Bonchev–Trinajstić information content (AvgIpc) is 2.63. The predicted molar refractivity (Wildman–Crippen MR) is 64.0 cm³/mol. The van der Waals surface area contributed by atoms with Crippen LogP contribution in [0.1, 0.15) is 19.8 Å². The van der Waals surface area contributed by atoms with Crippen LogP contribution in [0.5, 0.6) is 0 Å². The van der Waals surface area contributed by atoms with Crippen LogP contribution < -0.4 is 10.6 Å². The number of nitro groups is 1. The van der Waals surface area contributed by atoms with Crippen LogP contribution in [0.4, 0.5) is 11.5 Å². The van der Waals surface area contributed by atoms with E-state index in [0.717, 1.165) is 19.4 Å². The molecule has 0 radical (unpaired) electrons. The molecule has 0 saturated carbocycles. The fourth-order valence-electron chi connectivity index (χ4n) is 2.13. The zero-order valence-corrected chi connectivity index (χ0v) is 10.0. The zero-order valence-electron chi connectivity index (χ0n) is 10.0. The maximum Gasteiger partial charge on any atom is 0.330 e. The Labute approximate surface area is 99.3 Å². The number of aryl methyl sites for hydroxylation is 1. The second-order valence-corrected chi connectivity index (χ2v) is 4.43. The van der Waals surface area contributed by atoms with Gasteiger partial charge in [0.05, 0.1) is 4.92 Å². The third-order valence-electron chi connectivity index (χ3n) is 3.09. The Kier molecular flexibility index (Phi) is 3.28. The van der Waals surface area contributed by atoms with Crippen molar-refractivity contribution in [3.05, 3.63) is 16.3 Å². The van der Waals surface area contributed by atoms with Crippen molar-refractivity contribution in [1.82, 2.24) is 15.1 Å². The molecular formula is C10H17N5O2. The van der Waals surface area contributed by atoms with Gasteiger partial charge in [-0.05, 0) is 26.3 Å². The molecule has 7 heteroatoms. The first-order valence-corrected chi connectivity index (χ1v) is 5.76. The van der Waals surface area contributed by atoms with Gasteiger partial charge in [-0.3, -0.25) is 14.8 Å². The molecule has 1 saturated heterocycles. The number of anilines is 1. The van der Waals surface area contributed by atoms with Crippen LogP contribution in [0, 0.1) is 10.1 Å². The van der Waals surface area contributed by atoms with Crippen molar-refractivity contribution in [2.75, 3.05) is 11.9 Å². The van der Waals surface area contributed by atoms with Gasteiger partial charge in [-0.25, -0.2) is 0 Å². The van der Waals surface area contributed by atoms with Crippen molar-refractivity contribution in [3.63, 3.8) is 0 Å². The molecule has 0 amide bonds. The monoisotopic (exact) mass is 239 g/mol. The second kappa shape index (κ2) is 4.70. The van der Waals surface area contributed by atoms with Crippen molar-refractivity contribution >= 4 is 11.5 Å². The quantitative estimate of drug-likeness (QED) is 0.604. The third kappa shape index (κ3) is 2.55. The molecule has 0 bridgehead atoms. The lowest BCUT2D eigenvalue weighted by Gasteiger charge is -2.30. The van der Waals surface area contributed by atoms with Crippen LogP contribution in [0.25, 0.3) is 0 Å². The lowest BCUT2D eigenvalue weighted by atomic mass is 10.00. The molecule has 1 aliphatic heterocycles. The largest absolute Gasteiger partial charge is 0.359 e. The van der Waals surface area contributed by atoms with E-state index in [-0.39, 0.29) is 11.7 Å². The van der Waals surface area contributed by atoms with E-state index in [1.54, 1.807) is 7.05 Å². The number of nitrogens with zero attached hydrogens (tertiary/aromatic N) is 3. The summed E-state index contributed by atoms with van der Waals surface area (Å²) in [5.74, 6) is 0.359. The maximum atomic E-state index is 10.9. The normalized spacial score (nSPS) is 24.6. The van der Waals surface area contributed by atoms with Crippen LogP contribution in [-0.4, -0.2) is 33.3 Å². The predicted octanol–water partition coefficient (Wildman–Crippen LogP) is 0.881. The number of hydrogen-bond donors (Lipinski definition) is 2. The average molecular weight is 239 g/mol. The molecule has 2 heterocycles. The van der Waals surface area contributed by atoms with Crippen LogP contribution >= 0.6 is 0 Å². The Morgan fingerprint density at radius 2 is 2.47 bits per heavy atom. The number of rotatable bonds is 3. The molecule has 0 aromatic carbocycles. The Morgan fingerprint density at radius 1 is 1.71 bits per heavy atom. The van der Waals surface area contributed by atoms with Gasteiger partial charge in [0.2, 0.25) is 5.82 Å². The summed E-state index contributed by atoms with van der Waals surface area (Å²) in [4.78, 5) is 10.4. The molecule has 2 rings (SSSR count). The summed E-state index contributed by atoms with van der Waals surface area (Å²) in [5.41, 5.74) is 0.0327. The zero-order chi connectivity index (χ0) is 12.4. The molecular weight excluding hydrogens is 222 g/mol.